The molecule has 0 aliphatic rings. The van der Waals surface area contributed by atoms with E-state index in [1.807, 2.05) is 12.1 Å². The van der Waals surface area contributed by atoms with Crippen molar-refractivity contribution >= 4 is 0 Å². The monoisotopic (exact) mass is 235 g/mol. The van der Waals surface area contributed by atoms with Crippen molar-refractivity contribution in [3.8, 4) is 5.75 Å². The van der Waals surface area contributed by atoms with Gasteiger partial charge in [-0.2, -0.15) is 0 Å². The van der Waals surface area contributed by atoms with E-state index in [4.69, 9.17) is 4.74 Å². The van der Waals surface area contributed by atoms with Crippen LogP contribution in [0.5, 0.6) is 5.75 Å². The molecule has 1 rings (SSSR count). The number of ether oxygens (including phenoxy) is 1. The first kappa shape index (κ1) is 14.0. The van der Waals surface area contributed by atoms with E-state index >= 15 is 0 Å². The van der Waals surface area contributed by atoms with Crippen molar-refractivity contribution in [3.63, 3.8) is 0 Å². The molecule has 0 spiro atoms. The molecule has 2 heteroatoms. The second-order valence-corrected chi connectivity index (χ2v) is 4.88. The lowest BCUT2D eigenvalue weighted by molar-refractivity contribution is 0.410. The van der Waals surface area contributed by atoms with Crippen LogP contribution in [0.1, 0.15) is 39.2 Å². The minimum Gasteiger partial charge on any atom is -0.497 e. The van der Waals surface area contributed by atoms with Crippen LogP contribution in [0.3, 0.4) is 0 Å². The highest BCUT2D eigenvalue weighted by molar-refractivity contribution is 5.26. The number of hydrogen-bond donors (Lipinski definition) is 1. The van der Waals surface area contributed by atoms with Gasteiger partial charge in [-0.25, -0.2) is 0 Å². The van der Waals surface area contributed by atoms with Gasteiger partial charge in [0.25, 0.3) is 0 Å². The van der Waals surface area contributed by atoms with Crippen molar-refractivity contribution in [3.05, 3.63) is 29.8 Å². The summed E-state index contributed by atoms with van der Waals surface area (Å²) in [5, 5.41) is 3.56. The van der Waals surface area contributed by atoms with Gasteiger partial charge in [-0.15, -0.1) is 0 Å². The highest BCUT2D eigenvalue weighted by Gasteiger charge is 2.06. The summed E-state index contributed by atoms with van der Waals surface area (Å²) in [5.74, 6) is 1.72. The Balaban J connectivity index is 2.34. The molecule has 2 nitrogen and oxygen atoms in total. The van der Waals surface area contributed by atoms with Crippen molar-refractivity contribution in [2.45, 2.75) is 46.2 Å². The number of nitrogens with one attached hydrogen (secondary N) is 1. The van der Waals surface area contributed by atoms with Crippen molar-refractivity contribution in [2.24, 2.45) is 5.92 Å². The van der Waals surface area contributed by atoms with E-state index in [0.29, 0.717) is 6.04 Å². The van der Waals surface area contributed by atoms with Crippen LogP contribution in [0.4, 0.5) is 0 Å². The molecule has 2 unspecified atom stereocenters. The van der Waals surface area contributed by atoms with Crippen LogP contribution in [0, 0.1) is 5.92 Å². The third kappa shape index (κ3) is 5.22. The molecule has 1 aromatic rings. The lowest BCUT2D eigenvalue weighted by Crippen LogP contribution is -2.27. The predicted octanol–water partition coefficient (Wildman–Crippen LogP) is 3.61. The Morgan fingerprint density at radius 2 is 1.82 bits per heavy atom. The highest BCUT2D eigenvalue weighted by Crippen LogP contribution is 2.12. The zero-order chi connectivity index (χ0) is 12.7. The smallest absolute Gasteiger partial charge is 0.118 e. The first-order chi connectivity index (χ1) is 8.15. The molecule has 0 saturated heterocycles. The topological polar surface area (TPSA) is 21.3 Å². The van der Waals surface area contributed by atoms with E-state index in [0.717, 1.165) is 18.2 Å². The zero-order valence-corrected chi connectivity index (χ0v) is 11.5. The summed E-state index contributed by atoms with van der Waals surface area (Å²) >= 11 is 0. The SMILES string of the molecule is CCC(C)CC(C)NCc1ccc(OC)cc1. The molecular weight excluding hydrogens is 210 g/mol. The number of rotatable bonds is 7. The van der Waals surface area contributed by atoms with Gasteiger partial charge in [-0.3, -0.25) is 0 Å². The molecule has 0 aliphatic carbocycles. The van der Waals surface area contributed by atoms with Gasteiger partial charge in [0.1, 0.15) is 5.75 Å². The van der Waals surface area contributed by atoms with Crippen LogP contribution < -0.4 is 10.1 Å². The van der Waals surface area contributed by atoms with E-state index < -0.39 is 0 Å². The van der Waals surface area contributed by atoms with Gasteiger partial charge in [0.2, 0.25) is 0 Å². The summed E-state index contributed by atoms with van der Waals surface area (Å²) in [6.07, 6.45) is 2.50. The first-order valence-corrected chi connectivity index (χ1v) is 6.52. The summed E-state index contributed by atoms with van der Waals surface area (Å²) < 4.78 is 5.14. The van der Waals surface area contributed by atoms with Gasteiger partial charge in [0.05, 0.1) is 7.11 Å². The predicted molar refractivity (Wildman–Crippen MR) is 73.4 cm³/mol. The van der Waals surface area contributed by atoms with Gasteiger partial charge in [0, 0.05) is 12.6 Å². The Bertz CT molecular complexity index is 307. The fraction of sp³-hybridized carbons (Fsp3) is 0.600. The van der Waals surface area contributed by atoms with Crippen LogP contribution in [0.2, 0.25) is 0 Å². The van der Waals surface area contributed by atoms with E-state index in [9.17, 15) is 0 Å². The molecule has 1 aromatic carbocycles. The lowest BCUT2D eigenvalue weighted by atomic mass is 10.0. The molecule has 0 heterocycles. The number of benzene rings is 1. The third-order valence-electron chi connectivity index (χ3n) is 3.27. The molecule has 0 aliphatic heterocycles. The summed E-state index contributed by atoms with van der Waals surface area (Å²) in [5.41, 5.74) is 1.31. The fourth-order valence-corrected chi connectivity index (χ4v) is 1.89. The zero-order valence-electron chi connectivity index (χ0n) is 11.5. The maximum atomic E-state index is 5.14. The average Bonchev–Trinajstić information content (AvgIpc) is 2.36. The van der Waals surface area contributed by atoms with Gasteiger partial charge >= 0.3 is 0 Å². The van der Waals surface area contributed by atoms with Crippen molar-refractivity contribution in [2.75, 3.05) is 7.11 Å². The summed E-state index contributed by atoms with van der Waals surface area (Å²) in [7, 11) is 1.70. The lowest BCUT2D eigenvalue weighted by Gasteiger charge is -2.17. The highest BCUT2D eigenvalue weighted by atomic mass is 16.5. The van der Waals surface area contributed by atoms with E-state index in [1.165, 1.54) is 18.4 Å². The van der Waals surface area contributed by atoms with Crippen molar-refractivity contribution in [1.29, 1.82) is 0 Å². The molecule has 0 aromatic heterocycles. The second-order valence-electron chi connectivity index (χ2n) is 4.88. The van der Waals surface area contributed by atoms with Crippen LogP contribution in [0.25, 0.3) is 0 Å². The van der Waals surface area contributed by atoms with Gasteiger partial charge < -0.3 is 10.1 Å². The van der Waals surface area contributed by atoms with Gasteiger partial charge in [-0.05, 0) is 37.0 Å². The van der Waals surface area contributed by atoms with E-state index in [2.05, 4.69) is 38.2 Å². The van der Waals surface area contributed by atoms with Gasteiger partial charge in [-0.1, -0.05) is 32.4 Å². The number of hydrogen-bond acceptors (Lipinski definition) is 2. The molecule has 2 atom stereocenters. The molecule has 0 fully saturated rings. The summed E-state index contributed by atoms with van der Waals surface area (Å²) in [6.45, 7) is 7.75. The summed E-state index contributed by atoms with van der Waals surface area (Å²) in [4.78, 5) is 0. The minimum absolute atomic E-state index is 0.576. The third-order valence-corrected chi connectivity index (χ3v) is 3.27. The Morgan fingerprint density at radius 3 is 2.35 bits per heavy atom. The molecule has 0 bridgehead atoms. The van der Waals surface area contributed by atoms with Crippen molar-refractivity contribution in [1.82, 2.24) is 5.32 Å². The Hall–Kier alpha value is -1.02. The van der Waals surface area contributed by atoms with Crippen LogP contribution >= 0.6 is 0 Å². The second kappa shape index (κ2) is 7.33. The van der Waals surface area contributed by atoms with Crippen molar-refractivity contribution < 1.29 is 4.74 Å². The standard InChI is InChI=1S/C15H25NO/c1-5-12(2)10-13(3)16-11-14-6-8-15(17-4)9-7-14/h6-9,12-13,16H,5,10-11H2,1-4H3. The van der Waals surface area contributed by atoms with Crippen LogP contribution in [0.15, 0.2) is 24.3 Å². The molecule has 1 N–H and O–H groups in total. The largest absolute Gasteiger partial charge is 0.497 e. The van der Waals surface area contributed by atoms with E-state index in [-0.39, 0.29) is 0 Å². The summed E-state index contributed by atoms with van der Waals surface area (Å²) in [6, 6.07) is 8.82. The fourth-order valence-electron chi connectivity index (χ4n) is 1.89. The minimum atomic E-state index is 0.576. The number of methoxy groups -OCH3 is 1. The van der Waals surface area contributed by atoms with Crippen LogP contribution in [-0.4, -0.2) is 13.2 Å². The molecule has 0 amide bonds. The molecule has 96 valence electrons. The van der Waals surface area contributed by atoms with Gasteiger partial charge in [0.15, 0.2) is 0 Å². The first-order valence-electron chi connectivity index (χ1n) is 6.52. The quantitative estimate of drug-likeness (QED) is 0.779. The normalized spacial score (nSPS) is 14.4. The Kier molecular flexibility index (Phi) is 6.06. The van der Waals surface area contributed by atoms with E-state index in [1.54, 1.807) is 7.11 Å². The molecule has 0 saturated carbocycles. The molecule has 0 radical (unpaired) electrons. The molecule has 17 heavy (non-hydrogen) atoms. The van der Waals surface area contributed by atoms with Crippen LogP contribution in [-0.2, 0) is 6.54 Å². The Labute approximate surface area is 105 Å². The Morgan fingerprint density at radius 1 is 1.18 bits per heavy atom. The maximum Gasteiger partial charge on any atom is 0.118 e. The maximum absolute atomic E-state index is 5.14. The molecular formula is C15H25NO. The average molecular weight is 235 g/mol.